The molecule has 27 heavy (non-hydrogen) atoms. The van der Waals surface area contributed by atoms with Gasteiger partial charge in [-0.25, -0.2) is 13.1 Å². The molecule has 0 bridgehead atoms. The van der Waals surface area contributed by atoms with Crippen LogP contribution < -0.4 is 10.0 Å². The summed E-state index contributed by atoms with van der Waals surface area (Å²) in [4.78, 5) is 16.4. The van der Waals surface area contributed by atoms with E-state index in [1.165, 1.54) is 0 Å². The van der Waals surface area contributed by atoms with Gasteiger partial charge in [0.15, 0.2) is 0 Å². The van der Waals surface area contributed by atoms with Crippen molar-refractivity contribution >= 4 is 15.9 Å². The highest BCUT2D eigenvalue weighted by Crippen LogP contribution is 2.43. The number of sulfonamides is 1. The van der Waals surface area contributed by atoms with Gasteiger partial charge >= 0.3 is 0 Å². The fourth-order valence-corrected chi connectivity index (χ4v) is 4.82. The van der Waals surface area contributed by atoms with Gasteiger partial charge in [-0.2, -0.15) is 0 Å². The van der Waals surface area contributed by atoms with Gasteiger partial charge < -0.3 is 5.32 Å². The van der Waals surface area contributed by atoms with Crippen molar-refractivity contribution in [2.75, 3.05) is 6.54 Å². The van der Waals surface area contributed by atoms with Crippen LogP contribution in [0.3, 0.4) is 0 Å². The Bertz CT molecular complexity index is 913. The van der Waals surface area contributed by atoms with Crippen LogP contribution >= 0.6 is 0 Å². The molecule has 1 heterocycles. The van der Waals surface area contributed by atoms with Crippen molar-refractivity contribution in [3.63, 3.8) is 0 Å². The van der Waals surface area contributed by atoms with Gasteiger partial charge in [0, 0.05) is 30.0 Å². The fraction of sp³-hybridized carbons (Fsp3) is 0.400. The maximum absolute atomic E-state index is 12.6. The molecule has 1 aromatic heterocycles. The molecule has 2 aromatic rings. The predicted molar refractivity (Wildman–Crippen MR) is 106 cm³/mol. The molecule has 1 saturated carbocycles. The van der Waals surface area contributed by atoms with E-state index >= 15 is 0 Å². The smallest absolute Gasteiger partial charge is 0.251 e. The predicted octanol–water partition coefficient (Wildman–Crippen LogP) is 2.73. The quantitative estimate of drug-likeness (QED) is 0.798. The Morgan fingerprint density at radius 3 is 2.11 bits per heavy atom. The highest BCUT2D eigenvalue weighted by atomic mass is 32.2. The zero-order valence-electron chi connectivity index (χ0n) is 15.8. The number of benzene rings is 1. The van der Waals surface area contributed by atoms with Crippen LogP contribution in [0.15, 0.2) is 48.8 Å². The minimum Gasteiger partial charge on any atom is -0.350 e. The zero-order valence-corrected chi connectivity index (χ0v) is 16.6. The van der Waals surface area contributed by atoms with Crippen LogP contribution in [-0.4, -0.2) is 36.1 Å². The van der Waals surface area contributed by atoms with Gasteiger partial charge in [-0.3, -0.25) is 9.78 Å². The Kier molecular flexibility index (Phi) is 5.10. The van der Waals surface area contributed by atoms with Gasteiger partial charge in [0.2, 0.25) is 10.0 Å². The number of pyridine rings is 1. The summed E-state index contributed by atoms with van der Waals surface area (Å²) in [5.41, 5.74) is 1.98. The minimum absolute atomic E-state index is 0.114. The van der Waals surface area contributed by atoms with Crippen molar-refractivity contribution in [1.82, 2.24) is 15.0 Å². The molecule has 0 radical (unpaired) electrons. The number of nitrogens with zero attached hydrogens (tertiary/aromatic N) is 1. The van der Waals surface area contributed by atoms with E-state index in [0.717, 1.165) is 11.1 Å². The number of rotatable bonds is 6. The Balaban J connectivity index is 1.64. The van der Waals surface area contributed by atoms with Crippen molar-refractivity contribution in [1.29, 1.82) is 0 Å². The standard InChI is InChI=1S/C20H25N3O3S/c1-19(2,3)23-27(25,26)20(10-11-20)14-22-18(24)17-6-4-15(5-7-17)16-8-12-21-13-9-16/h4-9,12-13,23H,10-11,14H2,1-3H3,(H,22,24). The Labute approximate surface area is 160 Å². The van der Waals surface area contributed by atoms with Crippen molar-refractivity contribution in [2.45, 2.75) is 43.9 Å². The van der Waals surface area contributed by atoms with E-state index in [1.807, 2.05) is 45.0 Å². The minimum atomic E-state index is -3.50. The fourth-order valence-electron chi connectivity index (χ4n) is 2.89. The summed E-state index contributed by atoms with van der Waals surface area (Å²) in [6.07, 6.45) is 4.55. The largest absolute Gasteiger partial charge is 0.350 e. The van der Waals surface area contributed by atoms with Gasteiger partial charge in [-0.15, -0.1) is 0 Å². The van der Waals surface area contributed by atoms with Crippen molar-refractivity contribution in [3.05, 3.63) is 54.4 Å². The van der Waals surface area contributed by atoms with E-state index in [9.17, 15) is 13.2 Å². The van der Waals surface area contributed by atoms with Crippen LogP contribution in [0.25, 0.3) is 11.1 Å². The average Bonchev–Trinajstić information content (AvgIpc) is 3.40. The number of hydrogen-bond donors (Lipinski definition) is 2. The van der Waals surface area contributed by atoms with Gasteiger partial charge in [0.25, 0.3) is 5.91 Å². The van der Waals surface area contributed by atoms with Gasteiger partial charge in [-0.05, 0) is 69.0 Å². The van der Waals surface area contributed by atoms with Crippen molar-refractivity contribution < 1.29 is 13.2 Å². The number of carbonyl (C=O) groups excluding carboxylic acids is 1. The number of amides is 1. The van der Waals surface area contributed by atoms with Gasteiger partial charge in [0.1, 0.15) is 4.75 Å². The number of nitrogens with one attached hydrogen (secondary N) is 2. The SMILES string of the molecule is CC(C)(C)NS(=O)(=O)C1(CNC(=O)c2ccc(-c3ccncc3)cc2)CC1. The first-order valence-electron chi connectivity index (χ1n) is 8.94. The highest BCUT2D eigenvalue weighted by Gasteiger charge is 2.55. The van der Waals surface area contributed by atoms with Crippen LogP contribution in [0.5, 0.6) is 0 Å². The molecule has 0 unspecified atom stereocenters. The molecule has 6 nitrogen and oxygen atoms in total. The molecule has 3 rings (SSSR count). The third kappa shape index (κ3) is 4.54. The lowest BCUT2D eigenvalue weighted by Gasteiger charge is -2.25. The van der Waals surface area contributed by atoms with Crippen LogP contribution in [0.1, 0.15) is 44.0 Å². The van der Waals surface area contributed by atoms with Crippen LogP contribution in [0.4, 0.5) is 0 Å². The van der Waals surface area contributed by atoms with Crippen molar-refractivity contribution in [2.24, 2.45) is 0 Å². The lowest BCUT2D eigenvalue weighted by Crippen LogP contribution is -2.50. The summed E-state index contributed by atoms with van der Waals surface area (Å²) < 4.78 is 27.0. The molecular weight excluding hydrogens is 362 g/mol. The molecule has 0 saturated heterocycles. The molecule has 1 aromatic carbocycles. The molecule has 1 aliphatic rings. The summed E-state index contributed by atoms with van der Waals surface area (Å²) in [7, 11) is -3.50. The maximum Gasteiger partial charge on any atom is 0.251 e. The normalized spacial score (nSPS) is 16.0. The molecule has 0 aliphatic heterocycles. The highest BCUT2D eigenvalue weighted by molar-refractivity contribution is 7.91. The second-order valence-electron chi connectivity index (χ2n) is 8.03. The second kappa shape index (κ2) is 7.05. The van der Waals surface area contributed by atoms with Crippen molar-refractivity contribution in [3.8, 4) is 11.1 Å². The molecule has 1 aliphatic carbocycles. The lowest BCUT2D eigenvalue weighted by molar-refractivity contribution is 0.0953. The molecule has 1 fully saturated rings. The van der Waals surface area contributed by atoms with Gasteiger partial charge in [-0.1, -0.05) is 12.1 Å². The average molecular weight is 388 g/mol. The summed E-state index contributed by atoms with van der Waals surface area (Å²) in [6.45, 7) is 5.54. The summed E-state index contributed by atoms with van der Waals surface area (Å²) in [6, 6.07) is 11.0. The van der Waals surface area contributed by atoms with E-state index in [0.29, 0.717) is 18.4 Å². The first-order valence-corrected chi connectivity index (χ1v) is 10.4. The number of hydrogen-bond acceptors (Lipinski definition) is 4. The van der Waals surface area contributed by atoms with E-state index in [4.69, 9.17) is 0 Å². The molecule has 0 atom stereocenters. The Morgan fingerprint density at radius 2 is 1.59 bits per heavy atom. The molecule has 0 spiro atoms. The molecule has 7 heteroatoms. The first kappa shape index (κ1) is 19.5. The zero-order chi connectivity index (χ0) is 19.7. The first-order chi connectivity index (χ1) is 12.6. The van der Waals surface area contributed by atoms with E-state index < -0.39 is 20.3 Å². The number of carbonyl (C=O) groups is 1. The molecular formula is C20H25N3O3S. The summed E-state index contributed by atoms with van der Waals surface area (Å²) in [5, 5.41) is 2.78. The maximum atomic E-state index is 12.6. The van der Waals surface area contributed by atoms with Crippen LogP contribution in [-0.2, 0) is 10.0 Å². The molecule has 144 valence electrons. The Morgan fingerprint density at radius 1 is 1.04 bits per heavy atom. The second-order valence-corrected chi connectivity index (χ2v) is 10.1. The van der Waals surface area contributed by atoms with Gasteiger partial charge in [0.05, 0.1) is 0 Å². The topological polar surface area (TPSA) is 88.2 Å². The third-order valence-electron chi connectivity index (χ3n) is 4.55. The molecule has 2 N–H and O–H groups in total. The lowest BCUT2D eigenvalue weighted by atomic mass is 10.0. The van der Waals surface area contributed by atoms with E-state index in [1.54, 1.807) is 24.5 Å². The Hall–Kier alpha value is -2.25. The summed E-state index contributed by atoms with van der Waals surface area (Å²) in [5.74, 6) is -0.270. The van der Waals surface area contributed by atoms with E-state index in [-0.39, 0.29) is 12.5 Å². The summed E-state index contributed by atoms with van der Waals surface area (Å²) >= 11 is 0. The third-order valence-corrected chi connectivity index (χ3v) is 7.12. The monoisotopic (exact) mass is 387 g/mol. The van der Waals surface area contributed by atoms with E-state index in [2.05, 4.69) is 15.0 Å². The van der Waals surface area contributed by atoms with Crippen LogP contribution in [0, 0.1) is 0 Å². The number of aromatic nitrogens is 1. The van der Waals surface area contributed by atoms with Crippen LogP contribution in [0.2, 0.25) is 0 Å². The molecule has 1 amide bonds.